The number of anilines is 1. The van der Waals surface area contributed by atoms with Crippen LogP contribution >= 0.6 is 0 Å². The number of fused-ring (bicyclic) bond motifs is 2. The zero-order chi connectivity index (χ0) is 23.8. The van der Waals surface area contributed by atoms with E-state index in [1.54, 1.807) is 24.5 Å². The van der Waals surface area contributed by atoms with E-state index in [0.29, 0.717) is 24.4 Å². The minimum Gasteiger partial charge on any atom is -0.490 e. The highest BCUT2D eigenvalue weighted by Crippen LogP contribution is 2.58. The number of carbonyl (C=O) groups is 1. The molecule has 3 aromatic rings. The lowest BCUT2D eigenvalue weighted by molar-refractivity contribution is 0.0154. The van der Waals surface area contributed by atoms with E-state index in [0.717, 1.165) is 18.5 Å². The number of nitrogens with one attached hydrogen (secondary N) is 1. The summed E-state index contributed by atoms with van der Waals surface area (Å²) in [6.45, 7) is 6.54. The van der Waals surface area contributed by atoms with Crippen LogP contribution in [0, 0.1) is 0 Å². The molecule has 2 atom stereocenters. The number of rotatable bonds is 6. The summed E-state index contributed by atoms with van der Waals surface area (Å²) >= 11 is 0. The van der Waals surface area contributed by atoms with E-state index >= 15 is 0 Å². The highest BCUT2D eigenvalue weighted by Gasteiger charge is 2.61. The second-order valence-electron chi connectivity index (χ2n) is 10.4. The van der Waals surface area contributed by atoms with Crippen LogP contribution in [0.4, 0.5) is 10.1 Å². The van der Waals surface area contributed by atoms with Crippen molar-refractivity contribution in [1.82, 2.24) is 14.0 Å². The Bertz CT molecular complexity index is 1370. The first kappa shape index (κ1) is 21.3. The van der Waals surface area contributed by atoms with E-state index in [9.17, 15) is 14.0 Å². The Kier molecular flexibility index (Phi) is 4.49. The predicted molar refractivity (Wildman–Crippen MR) is 123 cm³/mol. The van der Waals surface area contributed by atoms with Gasteiger partial charge in [-0.05, 0) is 45.7 Å². The number of imidazole rings is 1. The normalized spacial score (nSPS) is 29.3. The molecule has 178 valence electrons. The van der Waals surface area contributed by atoms with Gasteiger partial charge in [0.1, 0.15) is 23.3 Å². The van der Waals surface area contributed by atoms with E-state index in [2.05, 4.69) is 12.2 Å². The van der Waals surface area contributed by atoms with Gasteiger partial charge in [0, 0.05) is 36.5 Å². The lowest BCUT2D eigenvalue weighted by Crippen LogP contribution is -2.45. The molecule has 2 bridgehead atoms. The van der Waals surface area contributed by atoms with Crippen molar-refractivity contribution in [3.63, 3.8) is 0 Å². The second-order valence-corrected chi connectivity index (χ2v) is 10.4. The number of halogens is 1. The summed E-state index contributed by atoms with van der Waals surface area (Å²) in [6, 6.07) is 4.45. The zero-order valence-corrected chi connectivity index (χ0v) is 19.4. The third kappa shape index (κ3) is 3.33. The van der Waals surface area contributed by atoms with Crippen LogP contribution in [0.15, 0.2) is 41.6 Å². The Hall–Kier alpha value is -3.20. The van der Waals surface area contributed by atoms with Crippen molar-refractivity contribution in [1.29, 1.82) is 0 Å². The second kappa shape index (κ2) is 7.15. The van der Waals surface area contributed by atoms with Crippen molar-refractivity contribution in [3.8, 4) is 5.75 Å². The van der Waals surface area contributed by atoms with Gasteiger partial charge in [-0.3, -0.25) is 9.59 Å². The Morgan fingerprint density at radius 3 is 2.76 bits per heavy atom. The van der Waals surface area contributed by atoms with E-state index < -0.39 is 23.7 Å². The van der Waals surface area contributed by atoms with Gasteiger partial charge in [-0.1, -0.05) is 0 Å². The SMILES string of the molecule is CC(C)Oc1cc2nc(C34COC(C)(C3)C4)cn2cc1C(=O)Nc1cccn(C2CC2F)c1=O. The maximum absolute atomic E-state index is 13.5. The van der Waals surface area contributed by atoms with Gasteiger partial charge in [0.25, 0.3) is 11.5 Å². The minimum atomic E-state index is -1.02. The van der Waals surface area contributed by atoms with Gasteiger partial charge >= 0.3 is 0 Å². The first-order chi connectivity index (χ1) is 16.2. The molecule has 2 saturated heterocycles. The summed E-state index contributed by atoms with van der Waals surface area (Å²) in [5.41, 5.74) is 1.46. The number of hydrogen-bond donors (Lipinski definition) is 1. The van der Waals surface area contributed by atoms with Crippen molar-refractivity contribution in [2.24, 2.45) is 0 Å². The van der Waals surface area contributed by atoms with Crippen molar-refractivity contribution < 1.29 is 18.7 Å². The molecule has 0 spiro atoms. The van der Waals surface area contributed by atoms with Crippen molar-refractivity contribution in [3.05, 3.63) is 58.4 Å². The number of aromatic nitrogens is 3. The Balaban J connectivity index is 1.35. The van der Waals surface area contributed by atoms with Gasteiger partial charge < -0.3 is 23.8 Å². The predicted octanol–water partition coefficient (Wildman–Crippen LogP) is 3.64. The highest BCUT2D eigenvalue weighted by molar-refractivity contribution is 6.06. The number of alkyl halides is 1. The quantitative estimate of drug-likeness (QED) is 0.600. The molecule has 0 aromatic carbocycles. The maximum Gasteiger partial charge on any atom is 0.274 e. The molecular formula is C25H27FN4O4. The van der Waals surface area contributed by atoms with E-state index in [4.69, 9.17) is 14.5 Å². The number of pyridine rings is 2. The molecule has 4 fully saturated rings. The molecule has 5 heterocycles. The van der Waals surface area contributed by atoms with Crippen LogP contribution in [-0.2, 0) is 10.2 Å². The number of carbonyl (C=O) groups excluding carboxylic acids is 1. The molecular weight excluding hydrogens is 439 g/mol. The summed E-state index contributed by atoms with van der Waals surface area (Å²) in [6.07, 6.45) is 6.18. The molecule has 7 rings (SSSR count). The lowest BCUT2D eigenvalue weighted by atomic mass is 9.62. The van der Waals surface area contributed by atoms with Crippen LogP contribution in [-0.4, -0.2) is 44.3 Å². The smallest absolute Gasteiger partial charge is 0.274 e. The Morgan fingerprint density at radius 2 is 2.12 bits per heavy atom. The topological polar surface area (TPSA) is 86.9 Å². The summed E-state index contributed by atoms with van der Waals surface area (Å²) in [5, 5.41) is 2.70. The molecule has 9 heteroatoms. The summed E-state index contributed by atoms with van der Waals surface area (Å²) in [4.78, 5) is 30.9. The fourth-order valence-electron chi connectivity index (χ4n) is 5.44. The third-order valence-electron chi connectivity index (χ3n) is 7.09. The molecule has 8 nitrogen and oxygen atoms in total. The van der Waals surface area contributed by atoms with Crippen LogP contribution in [0.25, 0.3) is 5.65 Å². The largest absolute Gasteiger partial charge is 0.490 e. The molecule has 2 saturated carbocycles. The molecule has 1 N–H and O–H groups in total. The van der Waals surface area contributed by atoms with Crippen molar-refractivity contribution in [2.75, 3.05) is 11.9 Å². The maximum atomic E-state index is 13.5. The van der Waals surface area contributed by atoms with E-state index in [1.165, 1.54) is 10.6 Å². The van der Waals surface area contributed by atoms with Gasteiger partial charge in [-0.2, -0.15) is 0 Å². The van der Waals surface area contributed by atoms with Crippen molar-refractivity contribution >= 4 is 17.2 Å². The van der Waals surface area contributed by atoms with E-state index in [1.807, 2.05) is 24.4 Å². The Labute approximate surface area is 195 Å². The molecule has 34 heavy (non-hydrogen) atoms. The third-order valence-corrected chi connectivity index (χ3v) is 7.09. The summed E-state index contributed by atoms with van der Waals surface area (Å²) in [5.74, 6) is -0.0909. The molecule has 1 amide bonds. The first-order valence-corrected chi connectivity index (χ1v) is 11.7. The Morgan fingerprint density at radius 1 is 1.35 bits per heavy atom. The monoisotopic (exact) mass is 466 g/mol. The van der Waals surface area contributed by atoms with Gasteiger partial charge in [-0.25, -0.2) is 9.37 Å². The highest BCUT2D eigenvalue weighted by atomic mass is 19.1. The number of ether oxygens (including phenoxy) is 2. The van der Waals surface area contributed by atoms with Crippen LogP contribution in [0.2, 0.25) is 0 Å². The van der Waals surface area contributed by atoms with Crippen LogP contribution < -0.4 is 15.6 Å². The standard InChI is InChI=1S/C25H27FN4O4/c1-14(2)34-19-8-21-28-20(25-11-24(3,12-25)33-13-25)10-29(21)9-15(19)22(31)27-17-5-4-6-30(23(17)32)18-7-16(18)26/h4-6,8-10,14,16,18H,7,11-13H2,1-3H3,(H,27,31). The molecule has 4 aliphatic rings. The van der Waals surface area contributed by atoms with Crippen LogP contribution in [0.5, 0.6) is 5.75 Å². The minimum absolute atomic E-state index is 0.0576. The lowest BCUT2D eigenvalue weighted by Gasteiger charge is -2.41. The fraction of sp³-hybridized carbons (Fsp3) is 0.480. The van der Waals surface area contributed by atoms with Crippen molar-refractivity contribution in [2.45, 2.75) is 69.4 Å². The average Bonchev–Trinajstić information content (AvgIpc) is 3.08. The molecule has 3 aromatic heterocycles. The summed E-state index contributed by atoms with van der Waals surface area (Å²) in [7, 11) is 0. The molecule has 0 radical (unpaired) electrons. The molecule has 2 aliphatic carbocycles. The number of nitrogens with zero attached hydrogens (tertiary/aromatic N) is 3. The average molecular weight is 467 g/mol. The molecule has 2 aliphatic heterocycles. The number of hydrogen-bond acceptors (Lipinski definition) is 5. The van der Waals surface area contributed by atoms with Gasteiger partial charge in [0.15, 0.2) is 0 Å². The number of amides is 1. The first-order valence-electron chi connectivity index (χ1n) is 11.7. The van der Waals surface area contributed by atoms with Crippen LogP contribution in [0.3, 0.4) is 0 Å². The summed E-state index contributed by atoms with van der Waals surface area (Å²) < 4.78 is 28.5. The fourth-order valence-corrected chi connectivity index (χ4v) is 5.44. The molecule has 2 unspecified atom stereocenters. The van der Waals surface area contributed by atoms with Gasteiger partial charge in [-0.15, -0.1) is 0 Å². The van der Waals surface area contributed by atoms with Crippen LogP contribution in [0.1, 0.15) is 62.1 Å². The zero-order valence-electron chi connectivity index (χ0n) is 19.4. The van der Waals surface area contributed by atoms with Gasteiger partial charge in [0.05, 0.1) is 35.6 Å². The van der Waals surface area contributed by atoms with Gasteiger partial charge in [0.2, 0.25) is 0 Å². The van der Waals surface area contributed by atoms with E-state index in [-0.39, 0.29) is 28.4 Å².